The summed E-state index contributed by atoms with van der Waals surface area (Å²) in [7, 11) is 3.78. The van der Waals surface area contributed by atoms with Gasteiger partial charge in [-0.15, -0.1) is 0 Å². The Morgan fingerprint density at radius 3 is 2.47 bits per heavy atom. The Balaban J connectivity index is 1.96. The molecule has 1 aliphatic carbocycles. The number of fused-ring (bicyclic) bond motifs is 1. The van der Waals surface area contributed by atoms with Crippen LogP contribution in [0.25, 0.3) is 10.8 Å². The molecule has 1 N–H and O–H groups in total. The molecule has 3 rings (SSSR count). The van der Waals surface area contributed by atoms with E-state index in [-0.39, 0.29) is 0 Å². The Labute approximate surface area is 114 Å². The van der Waals surface area contributed by atoms with Gasteiger partial charge in [0, 0.05) is 6.04 Å². The van der Waals surface area contributed by atoms with Crippen LogP contribution in [0.5, 0.6) is 5.75 Å². The normalized spacial score (nSPS) is 17.2. The van der Waals surface area contributed by atoms with Crippen molar-refractivity contribution in [1.29, 1.82) is 0 Å². The molecule has 100 valence electrons. The highest BCUT2D eigenvalue weighted by atomic mass is 16.5. The maximum atomic E-state index is 5.27. The van der Waals surface area contributed by atoms with Crippen LogP contribution in [-0.2, 0) is 0 Å². The summed E-state index contributed by atoms with van der Waals surface area (Å²) in [6.07, 6.45) is 4.09. The van der Waals surface area contributed by atoms with Gasteiger partial charge in [-0.2, -0.15) is 0 Å². The zero-order valence-corrected chi connectivity index (χ0v) is 11.6. The summed E-state index contributed by atoms with van der Waals surface area (Å²) in [6.45, 7) is 0. The van der Waals surface area contributed by atoms with Crippen molar-refractivity contribution in [3.05, 3.63) is 42.0 Å². The zero-order chi connectivity index (χ0) is 13.2. The van der Waals surface area contributed by atoms with Gasteiger partial charge in [0.15, 0.2) is 0 Å². The fraction of sp³-hybridized carbons (Fsp3) is 0.412. The third-order valence-electron chi connectivity index (χ3n) is 4.36. The van der Waals surface area contributed by atoms with Gasteiger partial charge in [0.2, 0.25) is 0 Å². The molecule has 0 heterocycles. The van der Waals surface area contributed by atoms with Crippen LogP contribution in [0.2, 0.25) is 0 Å². The minimum Gasteiger partial charge on any atom is -0.497 e. The summed E-state index contributed by atoms with van der Waals surface area (Å²) in [5.41, 5.74) is 1.41. The molecule has 0 spiro atoms. The lowest BCUT2D eigenvalue weighted by Gasteiger charge is -2.34. The van der Waals surface area contributed by atoms with Crippen LogP contribution < -0.4 is 10.1 Å². The molecule has 19 heavy (non-hydrogen) atoms. The maximum Gasteiger partial charge on any atom is 0.119 e. The fourth-order valence-corrected chi connectivity index (χ4v) is 3.01. The number of hydrogen-bond donors (Lipinski definition) is 1. The predicted molar refractivity (Wildman–Crippen MR) is 79.6 cm³/mol. The third kappa shape index (κ3) is 2.33. The second kappa shape index (κ2) is 5.22. The lowest BCUT2D eigenvalue weighted by atomic mass is 9.77. The van der Waals surface area contributed by atoms with E-state index in [0.29, 0.717) is 6.04 Å². The molecular weight excluding hydrogens is 234 g/mol. The summed E-state index contributed by atoms with van der Waals surface area (Å²) < 4.78 is 5.27. The van der Waals surface area contributed by atoms with E-state index in [1.165, 1.54) is 35.6 Å². The molecule has 1 saturated carbocycles. The number of nitrogens with one attached hydrogen (secondary N) is 1. The van der Waals surface area contributed by atoms with Crippen LogP contribution in [0.4, 0.5) is 0 Å². The Morgan fingerprint density at radius 1 is 1.11 bits per heavy atom. The summed E-state index contributed by atoms with van der Waals surface area (Å²) in [5, 5.41) is 6.01. The second-order valence-electron chi connectivity index (χ2n) is 5.43. The molecule has 1 unspecified atom stereocenters. The Hall–Kier alpha value is -1.54. The topological polar surface area (TPSA) is 21.3 Å². The SMILES string of the molecule is CNC(c1ccc2cc(OC)ccc2c1)C1CCC1. The molecule has 2 nitrogen and oxygen atoms in total. The second-order valence-corrected chi connectivity index (χ2v) is 5.43. The van der Waals surface area contributed by atoms with E-state index < -0.39 is 0 Å². The molecule has 2 aromatic rings. The van der Waals surface area contributed by atoms with Crippen LogP contribution in [0.3, 0.4) is 0 Å². The molecule has 1 fully saturated rings. The largest absolute Gasteiger partial charge is 0.497 e. The molecular formula is C17H21NO. The van der Waals surface area contributed by atoms with Gasteiger partial charge in [-0.3, -0.25) is 0 Å². The Morgan fingerprint density at radius 2 is 1.84 bits per heavy atom. The third-order valence-corrected chi connectivity index (χ3v) is 4.36. The van der Waals surface area contributed by atoms with Crippen molar-refractivity contribution in [3.63, 3.8) is 0 Å². The standard InChI is InChI=1S/C17H21NO/c1-18-17(12-4-3-5-12)15-7-6-14-11-16(19-2)9-8-13(14)10-15/h6-12,17-18H,3-5H2,1-2H3. The summed E-state index contributed by atoms with van der Waals surface area (Å²) >= 11 is 0. The highest BCUT2D eigenvalue weighted by Crippen LogP contribution is 2.38. The molecule has 0 saturated heterocycles. The molecule has 2 aromatic carbocycles. The lowest BCUT2D eigenvalue weighted by Crippen LogP contribution is -2.29. The number of hydrogen-bond acceptors (Lipinski definition) is 2. The van der Waals surface area contributed by atoms with Crippen molar-refractivity contribution in [3.8, 4) is 5.75 Å². The van der Waals surface area contributed by atoms with Gasteiger partial charge >= 0.3 is 0 Å². The number of rotatable bonds is 4. The maximum absolute atomic E-state index is 5.27. The predicted octanol–water partition coefficient (Wildman–Crippen LogP) is 3.91. The van der Waals surface area contributed by atoms with E-state index in [4.69, 9.17) is 4.74 Å². The molecule has 0 bridgehead atoms. The van der Waals surface area contributed by atoms with Gasteiger partial charge < -0.3 is 10.1 Å². The Bertz CT molecular complexity index is 574. The summed E-state index contributed by atoms with van der Waals surface area (Å²) in [4.78, 5) is 0. The number of methoxy groups -OCH3 is 1. The van der Waals surface area contributed by atoms with E-state index in [1.807, 2.05) is 6.07 Å². The summed E-state index contributed by atoms with van der Waals surface area (Å²) in [5.74, 6) is 1.73. The van der Waals surface area contributed by atoms with Crippen molar-refractivity contribution in [2.75, 3.05) is 14.2 Å². The minimum atomic E-state index is 0.500. The van der Waals surface area contributed by atoms with E-state index in [9.17, 15) is 0 Å². The first-order chi connectivity index (χ1) is 9.31. The molecule has 0 aliphatic heterocycles. The van der Waals surface area contributed by atoms with Gasteiger partial charge in [0.25, 0.3) is 0 Å². The lowest BCUT2D eigenvalue weighted by molar-refractivity contribution is 0.239. The average Bonchev–Trinajstić information content (AvgIpc) is 2.41. The van der Waals surface area contributed by atoms with Crippen molar-refractivity contribution in [1.82, 2.24) is 5.32 Å². The Kier molecular flexibility index (Phi) is 3.43. The molecule has 1 aliphatic rings. The number of benzene rings is 2. The van der Waals surface area contributed by atoms with Crippen LogP contribution in [0, 0.1) is 5.92 Å². The van der Waals surface area contributed by atoms with E-state index in [0.717, 1.165) is 11.7 Å². The van der Waals surface area contributed by atoms with Gasteiger partial charge in [0.1, 0.15) is 5.75 Å². The first-order valence-corrected chi connectivity index (χ1v) is 7.07. The average molecular weight is 255 g/mol. The van der Waals surface area contributed by atoms with Crippen LogP contribution in [-0.4, -0.2) is 14.2 Å². The molecule has 1 atom stereocenters. The quantitative estimate of drug-likeness (QED) is 0.894. The van der Waals surface area contributed by atoms with Gasteiger partial charge in [0.05, 0.1) is 7.11 Å². The van der Waals surface area contributed by atoms with Crippen molar-refractivity contribution in [2.24, 2.45) is 5.92 Å². The van der Waals surface area contributed by atoms with E-state index in [2.05, 4.69) is 42.7 Å². The number of ether oxygens (including phenoxy) is 1. The highest BCUT2D eigenvalue weighted by molar-refractivity contribution is 5.84. The minimum absolute atomic E-state index is 0.500. The first-order valence-electron chi connectivity index (χ1n) is 7.07. The van der Waals surface area contributed by atoms with Gasteiger partial charge in [-0.05, 0) is 60.3 Å². The van der Waals surface area contributed by atoms with E-state index in [1.54, 1.807) is 7.11 Å². The molecule has 0 radical (unpaired) electrons. The molecule has 0 amide bonds. The summed E-state index contributed by atoms with van der Waals surface area (Å²) in [6, 6.07) is 13.5. The van der Waals surface area contributed by atoms with Gasteiger partial charge in [-0.1, -0.05) is 24.6 Å². The van der Waals surface area contributed by atoms with E-state index >= 15 is 0 Å². The monoisotopic (exact) mass is 255 g/mol. The van der Waals surface area contributed by atoms with Gasteiger partial charge in [-0.25, -0.2) is 0 Å². The van der Waals surface area contributed by atoms with Crippen LogP contribution >= 0.6 is 0 Å². The van der Waals surface area contributed by atoms with Crippen molar-refractivity contribution in [2.45, 2.75) is 25.3 Å². The molecule has 2 heteroatoms. The smallest absolute Gasteiger partial charge is 0.119 e. The van der Waals surface area contributed by atoms with Crippen molar-refractivity contribution < 1.29 is 4.74 Å². The first kappa shape index (κ1) is 12.5. The van der Waals surface area contributed by atoms with Crippen molar-refractivity contribution >= 4 is 10.8 Å². The van der Waals surface area contributed by atoms with Crippen LogP contribution in [0.15, 0.2) is 36.4 Å². The van der Waals surface area contributed by atoms with Crippen LogP contribution in [0.1, 0.15) is 30.9 Å². The fourth-order valence-electron chi connectivity index (χ4n) is 3.01. The zero-order valence-electron chi connectivity index (χ0n) is 11.6. The molecule has 0 aromatic heterocycles. The highest BCUT2D eigenvalue weighted by Gasteiger charge is 2.27.